The molecule has 0 aromatic rings. The summed E-state index contributed by atoms with van der Waals surface area (Å²) in [5.41, 5.74) is 0. The van der Waals surface area contributed by atoms with Crippen LogP contribution in [-0.2, 0) is 28.6 Å². The van der Waals surface area contributed by atoms with Crippen LogP contribution < -0.4 is 0 Å². The standard InChI is InChI=1S/C61H110O6/c1-4-7-10-13-16-19-22-25-27-29-30-32-33-36-39-42-45-48-51-54-60(63)66-57-58(56-65-59(62)53-50-47-44-41-38-35-24-21-18-15-12-9-6-3)67-61(64)55-52-49-46-43-40-37-34-31-28-26-23-20-17-14-11-8-5-2/h9,12,15,18,21,24,26,28,58H,4-8,10-11,13-14,16-17,19-20,22-23,25,27,29-57H2,1-3H3/b12-9+,18-15+,24-21+,28-26+. The molecule has 1 unspecified atom stereocenters. The number of hydrogen-bond donors (Lipinski definition) is 0. The van der Waals surface area contributed by atoms with Crippen LogP contribution in [-0.4, -0.2) is 37.2 Å². The molecule has 0 aliphatic heterocycles. The maximum Gasteiger partial charge on any atom is 0.306 e. The van der Waals surface area contributed by atoms with Crippen molar-refractivity contribution in [3.8, 4) is 0 Å². The molecule has 6 heteroatoms. The fraction of sp³-hybridized carbons (Fsp3) is 0.820. The fourth-order valence-electron chi connectivity index (χ4n) is 8.50. The van der Waals surface area contributed by atoms with E-state index in [1.165, 1.54) is 180 Å². The summed E-state index contributed by atoms with van der Waals surface area (Å²) in [6.07, 6.45) is 68.2. The van der Waals surface area contributed by atoms with Crippen LogP contribution in [0.4, 0.5) is 0 Å². The van der Waals surface area contributed by atoms with E-state index in [2.05, 4.69) is 69.4 Å². The Kier molecular flexibility index (Phi) is 53.8. The number of carbonyl (C=O) groups is 3. The van der Waals surface area contributed by atoms with E-state index in [-0.39, 0.29) is 31.1 Å². The summed E-state index contributed by atoms with van der Waals surface area (Å²) < 4.78 is 16.9. The average Bonchev–Trinajstić information content (AvgIpc) is 3.33. The third kappa shape index (κ3) is 54.2. The van der Waals surface area contributed by atoms with Gasteiger partial charge in [0.2, 0.25) is 0 Å². The third-order valence-electron chi connectivity index (χ3n) is 12.9. The highest BCUT2D eigenvalue weighted by Gasteiger charge is 2.19. The summed E-state index contributed by atoms with van der Waals surface area (Å²) >= 11 is 0. The Morgan fingerprint density at radius 2 is 0.597 bits per heavy atom. The average molecular weight is 940 g/mol. The van der Waals surface area contributed by atoms with Gasteiger partial charge in [-0.1, -0.05) is 268 Å². The Labute approximate surface area is 416 Å². The van der Waals surface area contributed by atoms with Crippen molar-refractivity contribution in [2.45, 2.75) is 309 Å². The van der Waals surface area contributed by atoms with Crippen LogP contribution in [0, 0.1) is 0 Å². The molecule has 0 saturated carbocycles. The van der Waals surface area contributed by atoms with Gasteiger partial charge in [0.1, 0.15) is 13.2 Å². The monoisotopic (exact) mass is 939 g/mol. The summed E-state index contributed by atoms with van der Waals surface area (Å²) in [5, 5.41) is 0. The number of rotatable bonds is 53. The summed E-state index contributed by atoms with van der Waals surface area (Å²) in [6, 6.07) is 0. The zero-order chi connectivity index (χ0) is 48.6. The van der Waals surface area contributed by atoms with E-state index in [0.29, 0.717) is 19.3 Å². The molecule has 0 fully saturated rings. The second-order valence-corrected chi connectivity index (χ2v) is 19.6. The highest BCUT2D eigenvalue weighted by atomic mass is 16.6. The van der Waals surface area contributed by atoms with Gasteiger partial charge in [-0.15, -0.1) is 0 Å². The normalized spacial score (nSPS) is 12.3. The van der Waals surface area contributed by atoms with E-state index in [0.717, 1.165) is 83.5 Å². The lowest BCUT2D eigenvalue weighted by molar-refractivity contribution is -0.167. The van der Waals surface area contributed by atoms with Gasteiger partial charge in [-0.3, -0.25) is 14.4 Å². The highest BCUT2D eigenvalue weighted by Crippen LogP contribution is 2.17. The second-order valence-electron chi connectivity index (χ2n) is 19.6. The first-order valence-corrected chi connectivity index (χ1v) is 29.2. The van der Waals surface area contributed by atoms with Crippen LogP contribution in [0.3, 0.4) is 0 Å². The fourth-order valence-corrected chi connectivity index (χ4v) is 8.50. The van der Waals surface area contributed by atoms with Crippen molar-refractivity contribution in [2.75, 3.05) is 13.2 Å². The Hall–Kier alpha value is -2.63. The van der Waals surface area contributed by atoms with Gasteiger partial charge in [0.25, 0.3) is 0 Å². The molecule has 0 aliphatic rings. The van der Waals surface area contributed by atoms with E-state index in [1.807, 2.05) is 0 Å². The molecule has 67 heavy (non-hydrogen) atoms. The molecule has 0 rings (SSSR count). The summed E-state index contributed by atoms with van der Waals surface area (Å²) in [4.78, 5) is 38.1. The molecule has 1 atom stereocenters. The van der Waals surface area contributed by atoms with E-state index >= 15 is 0 Å². The van der Waals surface area contributed by atoms with Crippen LogP contribution in [0.15, 0.2) is 48.6 Å². The molecule has 0 amide bonds. The van der Waals surface area contributed by atoms with Crippen molar-refractivity contribution in [1.82, 2.24) is 0 Å². The van der Waals surface area contributed by atoms with Gasteiger partial charge in [0, 0.05) is 19.3 Å². The first-order valence-electron chi connectivity index (χ1n) is 29.2. The molecule has 6 nitrogen and oxygen atoms in total. The number of carbonyl (C=O) groups excluding carboxylic acids is 3. The molecule has 0 aromatic heterocycles. The van der Waals surface area contributed by atoms with Gasteiger partial charge >= 0.3 is 17.9 Å². The second kappa shape index (κ2) is 56.0. The third-order valence-corrected chi connectivity index (χ3v) is 12.9. The van der Waals surface area contributed by atoms with E-state index in [4.69, 9.17) is 14.2 Å². The van der Waals surface area contributed by atoms with Crippen LogP contribution in [0.2, 0.25) is 0 Å². The molecule has 0 aromatic carbocycles. The Morgan fingerprint density at radius 1 is 0.313 bits per heavy atom. The van der Waals surface area contributed by atoms with Crippen molar-refractivity contribution in [2.24, 2.45) is 0 Å². The zero-order valence-electron chi connectivity index (χ0n) is 44.7. The first kappa shape index (κ1) is 64.4. The molecular weight excluding hydrogens is 829 g/mol. The minimum atomic E-state index is -0.782. The van der Waals surface area contributed by atoms with Crippen LogP contribution in [0.25, 0.3) is 0 Å². The number of allylic oxidation sites excluding steroid dienone is 8. The number of ether oxygens (including phenoxy) is 3. The largest absolute Gasteiger partial charge is 0.462 e. The van der Waals surface area contributed by atoms with Gasteiger partial charge < -0.3 is 14.2 Å². The van der Waals surface area contributed by atoms with Crippen molar-refractivity contribution < 1.29 is 28.6 Å². The lowest BCUT2D eigenvalue weighted by Gasteiger charge is -2.18. The summed E-state index contributed by atoms with van der Waals surface area (Å²) in [5.74, 6) is -0.889. The minimum absolute atomic E-state index is 0.0785. The predicted octanol–water partition coefficient (Wildman–Crippen LogP) is 19.4. The molecule has 0 radical (unpaired) electrons. The molecule has 390 valence electrons. The Morgan fingerprint density at radius 3 is 0.940 bits per heavy atom. The van der Waals surface area contributed by atoms with Gasteiger partial charge in [0.05, 0.1) is 0 Å². The van der Waals surface area contributed by atoms with Crippen molar-refractivity contribution in [1.29, 1.82) is 0 Å². The number of unbranched alkanes of at least 4 members (excludes halogenated alkanes) is 36. The molecule has 0 spiro atoms. The molecule has 0 bridgehead atoms. The van der Waals surface area contributed by atoms with Crippen LogP contribution >= 0.6 is 0 Å². The van der Waals surface area contributed by atoms with Gasteiger partial charge in [0.15, 0.2) is 6.10 Å². The highest BCUT2D eigenvalue weighted by molar-refractivity contribution is 5.71. The van der Waals surface area contributed by atoms with Crippen molar-refractivity contribution >= 4 is 17.9 Å². The van der Waals surface area contributed by atoms with Crippen LogP contribution in [0.1, 0.15) is 303 Å². The summed E-state index contributed by atoms with van der Waals surface area (Å²) in [6.45, 7) is 6.52. The zero-order valence-corrected chi connectivity index (χ0v) is 44.7. The quantitative estimate of drug-likeness (QED) is 0.0199. The van der Waals surface area contributed by atoms with Gasteiger partial charge in [-0.05, 0) is 64.2 Å². The molecular formula is C61H110O6. The predicted molar refractivity (Wildman–Crippen MR) is 289 cm³/mol. The maximum atomic E-state index is 12.9. The smallest absolute Gasteiger partial charge is 0.306 e. The van der Waals surface area contributed by atoms with E-state index in [1.54, 1.807) is 0 Å². The minimum Gasteiger partial charge on any atom is -0.462 e. The van der Waals surface area contributed by atoms with Crippen molar-refractivity contribution in [3.63, 3.8) is 0 Å². The molecule has 0 N–H and O–H groups in total. The lowest BCUT2D eigenvalue weighted by atomic mass is 10.0. The molecule has 0 heterocycles. The SMILES string of the molecule is CC/C=C/C=C/C=C/CCCCCCCC(=O)OCC(COC(=O)CCCCCCCCCCCCCCCCCCCCC)OC(=O)CCCCCCCCC/C=C/CCCCCCCC. The van der Waals surface area contributed by atoms with Crippen molar-refractivity contribution in [3.05, 3.63) is 48.6 Å². The lowest BCUT2D eigenvalue weighted by Crippen LogP contribution is -2.30. The molecule has 0 saturated heterocycles. The van der Waals surface area contributed by atoms with Crippen LogP contribution in [0.5, 0.6) is 0 Å². The maximum absolute atomic E-state index is 12.9. The van der Waals surface area contributed by atoms with E-state index in [9.17, 15) is 14.4 Å². The molecule has 0 aliphatic carbocycles. The first-order chi connectivity index (χ1) is 33.0. The van der Waals surface area contributed by atoms with Gasteiger partial charge in [-0.2, -0.15) is 0 Å². The number of hydrogen-bond acceptors (Lipinski definition) is 6. The van der Waals surface area contributed by atoms with Gasteiger partial charge in [-0.25, -0.2) is 0 Å². The van der Waals surface area contributed by atoms with E-state index < -0.39 is 6.10 Å². The topological polar surface area (TPSA) is 78.9 Å². The Bertz CT molecular complexity index is 1170. The Balaban J connectivity index is 4.33. The summed E-state index contributed by atoms with van der Waals surface area (Å²) in [7, 11) is 0. The number of esters is 3.